The molecule has 164 valence electrons. The molecule has 1 aromatic rings. The Morgan fingerprint density at radius 3 is 2.57 bits per heavy atom. The number of rotatable bonds is 7. The largest absolute Gasteiger partial charge is 0.460 e. The molecule has 0 aromatic heterocycles. The summed E-state index contributed by atoms with van der Waals surface area (Å²) in [5, 5.41) is 2.79. The summed E-state index contributed by atoms with van der Waals surface area (Å²) in [5.41, 5.74) is 0.242. The van der Waals surface area contributed by atoms with Gasteiger partial charge in [0.1, 0.15) is 24.3 Å². The summed E-state index contributed by atoms with van der Waals surface area (Å²) in [4.78, 5) is 39.7. The van der Waals surface area contributed by atoms with Gasteiger partial charge in [-0.1, -0.05) is 43.0 Å². The van der Waals surface area contributed by atoms with Crippen LogP contribution < -0.4 is 5.32 Å². The number of hydrogen-bond donors (Lipinski definition) is 1. The third-order valence-electron chi connectivity index (χ3n) is 4.66. The summed E-state index contributed by atoms with van der Waals surface area (Å²) in [6, 6.07) is 7.85. The first-order valence-electron chi connectivity index (χ1n) is 10.3. The molecule has 1 aromatic carbocycles. The first kappa shape index (κ1) is 23.4. The van der Waals surface area contributed by atoms with E-state index in [9.17, 15) is 14.4 Å². The molecule has 2 amide bonds. The van der Waals surface area contributed by atoms with E-state index >= 15 is 0 Å². The number of hydrogen-bond acceptors (Lipinski definition) is 5. The van der Waals surface area contributed by atoms with Gasteiger partial charge in [0.2, 0.25) is 5.91 Å². The lowest BCUT2D eigenvalue weighted by Gasteiger charge is -2.36. The van der Waals surface area contributed by atoms with Gasteiger partial charge in [-0.2, -0.15) is 0 Å². The van der Waals surface area contributed by atoms with Gasteiger partial charge in [0.05, 0.1) is 0 Å². The maximum atomic E-state index is 13.1. The van der Waals surface area contributed by atoms with E-state index in [4.69, 9.17) is 9.47 Å². The highest BCUT2D eigenvalue weighted by Crippen LogP contribution is 2.21. The summed E-state index contributed by atoms with van der Waals surface area (Å²) < 4.78 is 10.6. The quantitative estimate of drug-likeness (QED) is 0.545. The van der Waals surface area contributed by atoms with Crippen molar-refractivity contribution in [3.8, 4) is 0 Å². The van der Waals surface area contributed by atoms with Crippen molar-refractivity contribution >= 4 is 18.0 Å². The van der Waals surface area contributed by atoms with Gasteiger partial charge in [-0.3, -0.25) is 9.69 Å². The molecule has 1 saturated heterocycles. The minimum absolute atomic E-state index is 0.0630. The van der Waals surface area contributed by atoms with Gasteiger partial charge in [-0.15, -0.1) is 0 Å². The molecule has 0 spiro atoms. The van der Waals surface area contributed by atoms with Crippen molar-refractivity contribution in [1.82, 2.24) is 10.2 Å². The molecule has 1 heterocycles. The number of nitrogens with zero attached hydrogens (tertiary/aromatic N) is 1. The van der Waals surface area contributed by atoms with E-state index in [0.717, 1.165) is 18.4 Å². The van der Waals surface area contributed by atoms with Crippen LogP contribution in [0.4, 0.5) is 4.79 Å². The number of piperidine rings is 1. The Bertz CT molecular complexity index is 742. The Kier molecular flexibility index (Phi) is 8.45. The normalized spacial score (nSPS) is 17.6. The standard InChI is InChI=1S/C23H32N2O5/c1-5-15-29-21(27)18(16-17-11-7-6-8-12-17)24-20(26)19-13-9-10-14-25(19)22(28)30-23(2,3)4/h5-8,11-12,18-19H,1,9-10,13-16H2,2-4H3,(H,24,26)/t18-,19-/m0/s1. The van der Waals surface area contributed by atoms with Gasteiger partial charge in [-0.25, -0.2) is 9.59 Å². The summed E-state index contributed by atoms with van der Waals surface area (Å²) in [7, 11) is 0. The molecule has 1 aliphatic rings. The van der Waals surface area contributed by atoms with Crippen LogP contribution in [0.1, 0.15) is 45.6 Å². The molecule has 1 N–H and O–H groups in total. The zero-order valence-electron chi connectivity index (χ0n) is 18.1. The average molecular weight is 417 g/mol. The number of likely N-dealkylation sites (tertiary alicyclic amines) is 1. The molecule has 0 unspecified atom stereocenters. The van der Waals surface area contributed by atoms with E-state index < -0.39 is 29.7 Å². The maximum Gasteiger partial charge on any atom is 0.410 e. The number of benzene rings is 1. The molecule has 7 heteroatoms. The first-order valence-corrected chi connectivity index (χ1v) is 10.3. The van der Waals surface area contributed by atoms with Crippen molar-refractivity contribution in [2.45, 2.75) is 64.1 Å². The van der Waals surface area contributed by atoms with E-state index in [-0.39, 0.29) is 12.5 Å². The maximum absolute atomic E-state index is 13.1. The van der Waals surface area contributed by atoms with Crippen LogP contribution in [-0.2, 0) is 25.5 Å². The molecule has 0 saturated carbocycles. The molecule has 30 heavy (non-hydrogen) atoms. The molecular formula is C23H32N2O5. The van der Waals surface area contributed by atoms with E-state index in [1.807, 2.05) is 30.3 Å². The van der Waals surface area contributed by atoms with Crippen LogP contribution in [0, 0.1) is 0 Å². The number of carbonyl (C=O) groups excluding carboxylic acids is 3. The zero-order chi connectivity index (χ0) is 22.1. The van der Waals surface area contributed by atoms with Crippen molar-refractivity contribution in [1.29, 1.82) is 0 Å². The fraction of sp³-hybridized carbons (Fsp3) is 0.522. The molecule has 1 aliphatic heterocycles. The van der Waals surface area contributed by atoms with E-state index in [2.05, 4.69) is 11.9 Å². The average Bonchev–Trinajstić information content (AvgIpc) is 2.71. The van der Waals surface area contributed by atoms with Crippen LogP contribution in [0.5, 0.6) is 0 Å². The molecule has 2 rings (SSSR count). The minimum Gasteiger partial charge on any atom is -0.460 e. The predicted octanol–water partition coefficient (Wildman–Crippen LogP) is 3.23. The summed E-state index contributed by atoms with van der Waals surface area (Å²) in [5.74, 6) is -0.913. The highest BCUT2D eigenvalue weighted by molar-refractivity contribution is 5.90. The monoisotopic (exact) mass is 416 g/mol. The van der Waals surface area contributed by atoms with Gasteiger partial charge < -0.3 is 14.8 Å². The molecular weight excluding hydrogens is 384 g/mol. The summed E-state index contributed by atoms with van der Waals surface area (Å²) in [6.45, 7) is 9.41. The zero-order valence-corrected chi connectivity index (χ0v) is 18.1. The first-order chi connectivity index (χ1) is 14.2. The fourth-order valence-corrected chi connectivity index (χ4v) is 3.30. The molecule has 0 bridgehead atoms. The highest BCUT2D eigenvalue weighted by Gasteiger charge is 2.36. The molecule has 2 atom stereocenters. The highest BCUT2D eigenvalue weighted by atomic mass is 16.6. The van der Waals surface area contributed by atoms with Gasteiger partial charge in [-0.05, 0) is 45.6 Å². The lowest BCUT2D eigenvalue weighted by molar-refractivity contribution is -0.147. The molecule has 0 aliphatic carbocycles. The number of ether oxygens (including phenoxy) is 2. The molecule has 0 radical (unpaired) electrons. The lowest BCUT2D eigenvalue weighted by atomic mass is 10.0. The minimum atomic E-state index is -0.859. The number of esters is 1. The fourth-order valence-electron chi connectivity index (χ4n) is 3.30. The topological polar surface area (TPSA) is 84.9 Å². The van der Waals surface area contributed by atoms with Crippen molar-refractivity contribution in [3.05, 3.63) is 48.6 Å². The Labute approximate surface area is 178 Å². The Morgan fingerprint density at radius 2 is 1.93 bits per heavy atom. The Morgan fingerprint density at radius 1 is 1.23 bits per heavy atom. The second kappa shape index (κ2) is 10.8. The van der Waals surface area contributed by atoms with Crippen LogP contribution in [0.25, 0.3) is 0 Å². The van der Waals surface area contributed by atoms with Crippen molar-refractivity contribution < 1.29 is 23.9 Å². The molecule has 1 fully saturated rings. The summed E-state index contributed by atoms with van der Waals surface area (Å²) in [6.07, 6.45) is 3.40. The third-order valence-corrected chi connectivity index (χ3v) is 4.66. The van der Waals surface area contributed by atoms with Crippen LogP contribution >= 0.6 is 0 Å². The van der Waals surface area contributed by atoms with Crippen LogP contribution in [0.2, 0.25) is 0 Å². The van der Waals surface area contributed by atoms with Crippen LogP contribution in [-0.4, -0.2) is 53.7 Å². The number of nitrogens with one attached hydrogen (secondary N) is 1. The van der Waals surface area contributed by atoms with Crippen molar-refractivity contribution in [2.24, 2.45) is 0 Å². The smallest absolute Gasteiger partial charge is 0.410 e. The van der Waals surface area contributed by atoms with Crippen LogP contribution in [0.15, 0.2) is 43.0 Å². The van der Waals surface area contributed by atoms with Gasteiger partial charge >= 0.3 is 12.1 Å². The van der Waals surface area contributed by atoms with Gasteiger partial charge in [0, 0.05) is 13.0 Å². The van der Waals surface area contributed by atoms with Crippen molar-refractivity contribution in [3.63, 3.8) is 0 Å². The second-order valence-electron chi connectivity index (χ2n) is 8.35. The number of amides is 2. The Hall–Kier alpha value is -2.83. The third kappa shape index (κ3) is 7.21. The lowest BCUT2D eigenvalue weighted by Crippen LogP contribution is -2.56. The van der Waals surface area contributed by atoms with E-state index in [0.29, 0.717) is 19.4 Å². The Balaban J connectivity index is 2.13. The number of carbonyl (C=O) groups is 3. The van der Waals surface area contributed by atoms with E-state index in [1.165, 1.54) is 11.0 Å². The van der Waals surface area contributed by atoms with Gasteiger partial charge in [0.15, 0.2) is 0 Å². The molecule has 7 nitrogen and oxygen atoms in total. The summed E-state index contributed by atoms with van der Waals surface area (Å²) >= 11 is 0. The predicted molar refractivity (Wildman–Crippen MR) is 114 cm³/mol. The van der Waals surface area contributed by atoms with Crippen LogP contribution in [0.3, 0.4) is 0 Å². The SMILES string of the molecule is C=CCOC(=O)[C@H](Cc1ccccc1)NC(=O)[C@@H]1CCCCN1C(=O)OC(C)(C)C. The van der Waals surface area contributed by atoms with Crippen molar-refractivity contribution in [2.75, 3.05) is 13.2 Å². The van der Waals surface area contributed by atoms with Gasteiger partial charge in [0.25, 0.3) is 0 Å². The second-order valence-corrected chi connectivity index (χ2v) is 8.35. The van der Waals surface area contributed by atoms with E-state index in [1.54, 1.807) is 20.8 Å².